The van der Waals surface area contributed by atoms with Crippen LogP contribution in [0.4, 0.5) is 21.9 Å². The molecule has 109 heavy (non-hydrogen) atoms. The molecule has 2 N–H and O–H groups in total. The van der Waals surface area contributed by atoms with Gasteiger partial charge in [0.15, 0.2) is 0 Å². The van der Waals surface area contributed by atoms with Crippen LogP contribution in [0.3, 0.4) is 0 Å². The summed E-state index contributed by atoms with van der Waals surface area (Å²) in [5.41, 5.74) is 3.24. The second-order valence-corrected chi connectivity index (χ2v) is 23.0. The lowest BCUT2D eigenvalue weighted by atomic mass is 10.1. The zero-order chi connectivity index (χ0) is 78.4. The van der Waals surface area contributed by atoms with Gasteiger partial charge in [0, 0.05) is 36.7 Å². The highest BCUT2D eigenvalue weighted by Gasteiger charge is 2.38. The second kappa shape index (κ2) is 40.3. The van der Waals surface area contributed by atoms with Gasteiger partial charge in [0.1, 0.15) is 66.1 Å². The maximum atomic E-state index is 13.4. The number of rotatable bonds is 31. The van der Waals surface area contributed by atoms with Gasteiger partial charge >= 0.3 is 65.7 Å². The Bertz CT molecular complexity index is 4870. The van der Waals surface area contributed by atoms with E-state index >= 15 is 0 Å². The van der Waals surface area contributed by atoms with Crippen molar-refractivity contribution in [3.8, 4) is 24.7 Å². The van der Waals surface area contributed by atoms with Crippen molar-refractivity contribution in [2.24, 2.45) is 0 Å². The number of terminal acetylenes is 2. The molecule has 0 saturated heterocycles. The van der Waals surface area contributed by atoms with Crippen LogP contribution in [0.1, 0.15) is 147 Å². The average molecular weight is 1480 g/mol. The van der Waals surface area contributed by atoms with Gasteiger partial charge in [-0.15, -0.1) is 12.8 Å². The summed E-state index contributed by atoms with van der Waals surface area (Å²) in [6.07, 6.45) is 10.9. The maximum absolute atomic E-state index is 13.4. The molecule has 1 aliphatic rings. The molecule has 1 heterocycles. The number of fused-ring (bicyclic) bond motifs is 1. The van der Waals surface area contributed by atoms with Gasteiger partial charge < -0.3 is 67.5 Å². The van der Waals surface area contributed by atoms with Crippen LogP contribution in [0, 0.1) is 38.5 Å². The van der Waals surface area contributed by atoms with Gasteiger partial charge in [0.25, 0.3) is 11.8 Å². The Balaban J connectivity index is 0.000000274. The van der Waals surface area contributed by atoms with Gasteiger partial charge in [-0.25, -0.2) is 57.6 Å². The summed E-state index contributed by atoms with van der Waals surface area (Å²) in [6, 6.07) is 42.2. The predicted octanol–water partition coefficient (Wildman–Crippen LogP) is 10.1. The van der Waals surface area contributed by atoms with Gasteiger partial charge in [-0.2, -0.15) is 0 Å². The summed E-state index contributed by atoms with van der Waals surface area (Å²) in [7, 11) is 2.92. The Morgan fingerprint density at radius 3 is 0.963 bits per heavy atom. The van der Waals surface area contributed by atoms with Crippen LogP contribution < -0.4 is 15.5 Å². The minimum absolute atomic E-state index is 0.0265. The first-order chi connectivity index (χ1) is 52.6. The molecule has 28 heteroatoms. The molecule has 4 amide bonds. The summed E-state index contributed by atoms with van der Waals surface area (Å²) >= 11 is 0. The van der Waals surface area contributed by atoms with Crippen molar-refractivity contribution in [1.82, 2.24) is 0 Å². The molecular weight excluding hydrogens is 1410 g/mol. The number of hydrogen-bond acceptors (Lipinski definition) is 25. The molecule has 0 aromatic heterocycles. The van der Waals surface area contributed by atoms with Crippen molar-refractivity contribution in [1.29, 1.82) is 0 Å². The van der Waals surface area contributed by atoms with E-state index in [4.69, 9.17) is 69.7 Å². The smallest absolute Gasteiger partial charge is 0.338 e. The number of benzene rings is 8. The van der Waals surface area contributed by atoms with Gasteiger partial charge in [-0.1, -0.05) is 65.4 Å². The molecule has 8 aromatic carbocycles. The number of anilines is 3. The molecule has 0 fully saturated rings. The number of hydrogen-bond donors (Lipinski definition) is 2. The zero-order valence-electron chi connectivity index (χ0n) is 59.0. The fourth-order valence-electron chi connectivity index (χ4n) is 9.89. The average Bonchev–Trinajstić information content (AvgIpc) is 1.57. The van der Waals surface area contributed by atoms with Crippen LogP contribution in [-0.2, 0) is 56.8 Å². The van der Waals surface area contributed by atoms with E-state index in [1.54, 1.807) is 60.7 Å². The van der Waals surface area contributed by atoms with E-state index < -0.39 is 90.8 Å². The van der Waals surface area contributed by atoms with Crippen molar-refractivity contribution in [3.63, 3.8) is 0 Å². The van der Waals surface area contributed by atoms with Crippen LogP contribution in [0.2, 0.25) is 0 Å². The molecule has 1 aliphatic heterocycles. The lowest BCUT2D eigenvalue weighted by molar-refractivity contribution is 0.0260. The number of urea groups is 1. The summed E-state index contributed by atoms with van der Waals surface area (Å²) in [5.74, 6) is -4.48. The highest BCUT2D eigenvalue weighted by molar-refractivity contribution is 6.34. The first kappa shape index (κ1) is 80.6. The molecule has 0 bridgehead atoms. The number of esters is 10. The molecule has 9 rings (SSSR count). The number of nitrogens with zero attached hydrogens (tertiary/aromatic N) is 1. The van der Waals surface area contributed by atoms with Crippen LogP contribution in [0.15, 0.2) is 176 Å². The molecule has 8 aromatic rings. The summed E-state index contributed by atoms with van der Waals surface area (Å²) < 4.78 is 61.7. The Hall–Kier alpha value is -14.1. The van der Waals surface area contributed by atoms with Gasteiger partial charge in [-0.3, -0.25) is 9.59 Å². The van der Waals surface area contributed by atoms with Gasteiger partial charge in [-0.05, 0) is 147 Å². The lowest BCUT2D eigenvalue weighted by Gasteiger charge is -2.17. The van der Waals surface area contributed by atoms with Gasteiger partial charge in [0.05, 0.1) is 85.7 Å². The molecule has 28 nitrogen and oxygen atoms in total. The molecule has 558 valence electrons. The Labute approximate surface area is 623 Å². The first-order valence-electron chi connectivity index (χ1n) is 33.0. The molecule has 0 saturated carbocycles. The van der Waals surface area contributed by atoms with Crippen LogP contribution in [-0.4, -0.2) is 171 Å². The standard InChI is InChI=1S/C41H33NO13.C40H36N2O12/c1-4-26-11-12-33-34(20-26)36(44)42(35(33)43)32-23-30(40(48)54-17-15-52-37(45)27-8-5-7-25(2)19-27)22-31(24-32)41(49)55-18-16-53-39(47)29-10-6-9-28(21-29)38(46)51-14-13-50-3;1-4-27-9-6-13-33(21-27)41-40(48)42-34-24-31(38(46)53-18-16-51-35(43)28-10-5-8-26(2)20-28)23-32(25-34)39(47)54-19-17-52-37(45)30-12-7-11-29(22-30)36(44)50-15-14-49-3/h1,5-12,19-24H,13-18H2,2-3H3;1,5-13,20-25H,14-19H2,2-3H3,(H2,41,42,48). The fourth-order valence-corrected chi connectivity index (χ4v) is 9.89. The number of aryl methyl sites for hydroxylation is 2. The normalized spacial score (nSPS) is 10.9. The fraction of sp³-hybridized carbons (Fsp3) is 0.198. The van der Waals surface area contributed by atoms with Crippen molar-refractivity contribution in [2.45, 2.75) is 13.8 Å². The molecule has 0 unspecified atom stereocenters. The number of carbonyl (C=O) groups is 13. The lowest BCUT2D eigenvalue weighted by Crippen LogP contribution is -2.30. The monoisotopic (exact) mass is 1480 g/mol. The summed E-state index contributed by atoms with van der Waals surface area (Å²) in [4.78, 5) is 167. The van der Waals surface area contributed by atoms with Crippen molar-refractivity contribution < 1.29 is 119 Å². The van der Waals surface area contributed by atoms with Crippen molar-refractivity contribution in [3.05, 3.63) is 265 Å². The number of methoxy groups -OCH3 is 2. The van der Waals surface area contributed by atoms with E-state index in [-0.39, 0.29) is 133 Å². The van der Waals surface area contributed by atoms with E-state index in [0.717, 1.165) is 22.1 Å². The number of nitrogens with one attached hydrogen (secondary N) is 2. The van der Waals surface area contributed by atoms with Crippen LogP contribution >= 0.6 is 0 Å². The maximum Gasteiger partial charge on any atom is 0.338 e. The Morgan fingerprint density at radius 2 is 0.606 bits per heavy atom. The van der Waals surface area contributed by atoms with E-state index in [0.29, 0.717) is 27.9 Å². The van der Waals surface area contributed by atoms with Crippen LogP contribution in [0.25, 0.3) is 0 Å². The minimum atomic E-state index is -0.994. The van der Waals surface area contributed by atoms with Crippen LogP contribution in [0.5, 0.6) is 0 Å². The van der Waals surface area contributed by atoms with E-state index in [9.17, 15) is 62.3 Å². The van der Waals surface area contributed by atoms with Crippen molar-refractivity contribution >= 4 is 94.6 Å². The quantitative estimate of drug-likeness (QED) is 0.0134. The largest absolute Gasteiger partial charge is 0.460 e. The predicted molar refractivity (Wildman–Crippen MR) is 387 cm³/mol. The number of amides is 4. The Morgan fingerprint density at radius 1 is 0.312 bits per heavy atom. The van der Waals surface area contributed by atoms with E-state index in [2.05, 4.69) is 22.5 Å². The third kappa shape index (κ3) is 23.7. The second-order valence-electron chi connectivity index (χ2n) is 23.0. The number of carbonyl (C=O) groups excluding carboxylic acids is 13. The summed E-state index contributed by atoms with van der Waals surface area (Å²) in [5, 5.41) is 5.17. The third-order valence-electron chi connectivity index (χ3n) is 15.1. The van der Waals surface area contributed by atoms with Gasteiger partial charge in [0.2, 0.25) is 0 Å². The molecule has 0 aliphatic carbocycles. The zero-order valence-corrected chi connectivity index (χ0v) is 59.0. The minimum Gasteiger partial charge on any atom is -0.460 e. The topological polar surface area (TPSA) is 360 Å². The highest BCUT2D eigenvalue weighted by atomic mass is 16.6. The highest BCUT2D eigenvalue weighted by Crippen LogP contribution is 2.32. The summed E-state index contributed by atoms with van der Waals surface area (Å²) in [6.45, 7) is 1.39. The Kier molecular flexibility index (Phi) is 29.8. The van der Waals surface area contributed by atoms with Crippen molar-refractivity contribution in [2.75, 3.05) is 109 Å². The molecular formula is C81H69N3O25. The molecule has 0 spiro atoms. The first-order valence-corrected chi connectivity index (χ1v) is 33.0. The molecule has 0 atom stereocenters. The SMILES string of the molecule is C#Cc1ccc2c(c1)C(=O)N(c1cc(C(=O)OCCOC(=O)c3cccc(C)c3)cc(C(=O)OCCOC(=O)c3cccc(C(=O)OCCOC)c3)c1)C2=O.C#Cc1cccc(NC(=O)Nc2cc(C(=O)OCCOC(=O)c3cccc(C)c3)cc(C(=O)OCCOC(=O)c3cccc(C(=O)OCCOC)c3)c2)c1. The van der Waals surface area contributed by atoms with E-state index in [1.807, 2.05) is 26.0 Å². The van der Waals surface area contributed by atoms with E-state index in [1.165, 1.54) is 111 Å². The molecule has 0 radical (unpaired) electrons. The number of imide groups is 1. The third-order valence-corrected chi connectivity index (χ3v) is 15.1. The number of ether oxygens (including phenoxy) is 12.